The number of carboxylic acids is 1. The zero-order chi connectivity index (χ0) is 15.6. The van der Waals surface area contributed by atoms with Crippen LogP contribution in [-0.4, -0.2) is 16.2 Å². The first kappa shape index (κ1) is 15.2. The molecule has 4 nitrogen and oxygen atoms in total. The molecule has 21 heavy (non-hydrogen) atoms. The van der Waals surface area contributed by atoms with Crippen molar-refractivity contribution in [2.45, 2.75) is 19.9 Å². The number of hydrogen-bond acceptors (Lipinski definition) is 3. The number of hydrogen-bond donors (Lipinski definition) is 3. The lowest BCUT2D eigenvalue weighted by atomic mass is 10.00. The minimum absolute atomic E-state index is 0.186. The quantitative estimate of drug-likeness (QED) is 0.801. The van der Waals surface area contributed by atoms with Crippen LogP contribution in [0.5, 0.6) is 5.75 Å². The van der Waals surface area contributed by atoms with E-state index in [-0.39, 0.29) is 5.75 Å². The van der Waals surface area contributed by atoms with Gasteiger partial charge in [-0.05, 0) is 60.9 Å². The third-order valence-corrected chi connectivity index (χ3v) is 3.46. The lowest BCUT2D eigenvalue weighted by Gasteiger charge is -2.18. The zero-order valence-corrected chi connectivity index (χ0v) is 12.5. The summed E-state index contributed by atoms with van der Waals surface area (Å²) in [6.45, 7) is 3.48. The van der Waals surface area contributed by atoms with Crippen molar-refractivity contribution in [2.24, 2.45) is 0 Å². The van der Waals surface area contributed by atoms with Crippen LogP contribution in [0.25, 0.3) is 0 Å². The molecule has 0 heterocycles. The van der Waals surface area contributed by atoms with Gasteiger partial charge < -0.3 is 15.5 Å². The summed E-state index contributed by atoms with van der Waals surface area (Å²) in [7, 11) is 0. The molecule has 0 fully saturated rings. The highest BCUT2D eigenvalue weighted by atomic mass is 35.5. The number of rotatable bonds is 4. The number of nitrogens with one attached hydrogen (secondary N) is 1. The number of anilines is 1. The SMILES string of the molecule is Cc1cc(C(Nc2cccc(Cl)c2)C(=O)O)cc(C)c1O. The molecule has 1 atom stereocenters. The van der Waals surface area contributed by atoms with Gasteiger partial charge in [0.1, 0.15) is 5.75 Å². The van der Waals surface area contributed by atoms with E-state index in [1.807, 2.05) is 0 Å². The zero-order valence-electron chi connectivity index (χ0n) is 11.7. The number of aromatic hydroxyl groups is 1. The Kier molecular flexibility index (Phi) is 4.38. The van der Waals surface area contributed by atoms with Crippen LogP contribution in [0.4, 0.5) is 5.69 Å². The van der Waals surface area contributed by atoms with Gasteiger partial charge in [-0.3, -0.25) is 0 Å². The lowest BCUT2D eigenvalue weighted by Crippen LogP contribution is -2.20. The van der Waals surface area contributed by atoms with Gasteiger partial charge in [-0.15, -0.1) is 0 Å². The fraction of sp³-hybridized carbons (Fsp3) is 0.188. The van der Waals surface area contributed by atoms with Crippen molar-refractivity contribution < 1.29 is 15.0 Å². The predicted molar refractivity (Wildman–Crippen MR) is 83.0 cm³/mol. The number of carbonyl (C=O) groups is 1. The van der Waals surface area contributed by atoms with Crippen molar-refractivity contribution in [1.29, 1.82) is 0 Å². The van der Waals surface area contributed by atoms with Crippen LogP contribution in [0.15, 0.2) is 36.4 Å². The van der Waals surface area contributed by atoms with E-state index in [0.29, 0.717) is 27.4 Å². The van der Waals surface area contributed by atoms with Gasteiger partial charge in [0, 0.05) is 10.7 Å². The molecule has 0 spiro atoms. The van der Waals surface area contributed by atoms with Crippen molar-refractivity contribution in [1.82, 2.24) is 0 Å². The number of aliphatic carboxylic acids is 1. The van der Waals surface area contributed by atoms with Crippen LogP contribution in [0, 0.1) is 13.8 Å². The van der Waals surface area contributed by atoms with Crippen LogP contribution in [0.2, 0.25) is 5.02 Å². The Labute approximate surface area is 128 Å². The monoisotopic (exact) mass is 305 g/mol. The number of phenols is 1. The fourth-order valence-electron chi connectivity index (χ4n) is 2.19. The molecule has 0 saturated carbocycles. The standard InChI is InChI=1S/C16H16ClNO3/c1-9-6-11(7-10(2)15(9)19)14(16(20)21)18-13-5-3-4-12(17)8-13/h3-8,14,18-19H,1-2H3,(H,20,21). The normalized spacial score (nSPS) is 12.0. The average molecular weight is 306 g/mol. The molecule has 110 valence electrons. The number of carboxylic acid groups (broad SMARTS) is 1. The second kappa shape index (κ2) is 6.06. The first-order valence-electron chi connectivity index (χ1n) is 6.43. The van der Waals surface area contributed by atoms with Crippen molar-refractivity contribution in [3.63, 3.8) is 0 Å². The largest absolute Gasteiger partial charge is 0.507 e. The Morgan fingerprint density at radius 3 is 2.33 bits per heavy atom. The van der Waals surface area contributed by atoms with Crippen LogP contribution >= 0.6 is 11.6 Å². The molecule has 5 heteroatoms. The first-order chi connectivity index (χ1) is 9.88. The Hall–Kier alpha value is -2.20. The molecule has 0 aliphatic rings. The molecule has 0 radical (unpaired) electrons. The Morgan fingerprint density at radius 2 is 1.81 bits per heavy atom. The molecule has 2 aromatic rings. The molecule has 0 aliphatic carbocycles. The summed E-state index contributed by atoms with van der Waals surface area (Å²) in [4.78, 5) is 11.5. The molecule has 0 aromatic heterocycles. The smallest absolute Gasteiger partial charge is 0.330 e. The molecule has 0 aliphatic heterocycles. The minimum atomic E-state index is -1.00. The van der Waals surface area contributed by atoms with Crippen LogP contribution in [-0.2, 0) is 4.79 Å². The highest BCUT2D eigenvalue weighted by molar-refractivity contribution is 6.30. The van der Waals surface area contributed by atoms with E-state index in [0.717, 1.165) is 0 Å². The summed E-state index contributed by atoms with van der Waals surface area (Å²) in [5.74, 6) is -0.815. The third kappa shape index (κ3) is 3.47. The lowest BCUT2D eigenvalue weighted by molar-refractivity contribution is -0.138. The summed E-state index contributed by atoms with van der Waals surface area (Å²) in [5.41, 5.74) is 2.49. The van der Waals surface area contributed by atoms with Gasteiger partial charge in [-0.1, -0.05) is 17.7 Å². The van der Waals surface area contributed by atoms with Crippen molar-refractivity contribution >= 4 is 23.3 Å². The summed E-state index contributed by atoms with van der Waals surface area (Å²) < 4.78 is 0. The second-order valence-electron chi connectivity index (χ2n) is 4.93. The van der Waals surface area contributed by atoms with Gasteiger partial charge in [0.2, 0.25) is 0 Å². The fourth-order valence-corrected chi connectivity index (χ4v) is 2.38. The Balaban J connectivity index is 2.38. The molecule has 1 unspecified atom stereocenters. The average Bonchev–Trinajstić information content (AvgIpc) is 2.41. The van der Waals surface area contributed by atoms with E-state index in [4.69, 9.17) is 11.6 Å². The summed E-state index contributed by atoms with van der Waals surface area (Å²) in [5, 5.41) is 22.7. The van der Waals surface area contributed by atoms with Gasteiger partial charge in [0.15, 0.2) is 6.04 Å². The second-order valence-corrected chi connectivity index (χ2v) is 5.37. The maximum atomic E-state index is 11.5. The number of halogens is 1. The summed E-state index contributed by atoms with van der Waals surface area (Å²) >= 11 is 5.90. The topological polar surface area (TPSA) is 69.6 Å². The van der Waals surface area contributed by atoms with Crippen molar-refractivity contribution in [3.05, 3.63) is 58.1 Å². The van der Waals surface area contributed by atoms with Crippen molar-refractivity contribution in [3.8, 4) is 5.75 Å². The van der Waals surface area contributed by atoms with Gasteiger partial charge >= 0.3 is 5.97 Å². The van der Waals surface area contributed by atoms with Crippen molar-refractivity contribution in [2.75, 3.05) is 5.32 Å². The van der Waals surface area contributed by atoms with E-state index in [2.05, 4.69) is 5.32 Å². The van der Waals surface area contributed by atoms with Crippen LogP contribution in [0.1, 0.15) is 22.7 Å². The molecule has 2 rings (SSSR count). The highest BCUT2D eigenvalue weighted by Crippen LogP contribution is 2.28. The molecule has 2 aromatic carbocycles. The van der Waals surface area contributed by atoms with Crippen LogP contribution in [0.3, 0.4) is 0 Å². The van der Waals surface area contributed by atoms with E-state index >= 15 is 0 Å². The molecule has 0 amide bonds. The predicted octanol–water partition coefficient (Wildman–Crippen LogP) is 3.90. The molecular formula is C16H16ClNO3. The van der Waals surface area contributed by atoms with E-state index in [9.17, 15) is 15.0 Å². The molecular weight excluding hydrogens is 290 g/mol. The highest BCUT2D eigenvalue weighted by Gasteiger charge is 2.21. The number of aryl methyl sites for hydroxylation is 2. The van der Waals surface area contributed by atoms with Gasteiger partial charge in [-0.2, -0.15) is 0 Å². The molecule has 0 saturated heterocycles. The van der Waals surface area contributed by atoms with E-state index in [1.165, 1.54) is 0 Å². The van der Waals surface area contributed by atoms with E-state index in [1.54, 1.807) is 50.2 Å². The van der Waals surface area contributed by atoms with E-state index < -0.39 is 12.0 Å². The molecule has 0 bridgehead atoms. The number of phenolic OH excluding ortho intramolecular Hbond substituents is 1. The van der Waals surface area contributed by atoms with Gasteiger partial charge in [-0.25, -0.2) is 4.79 Å². The Morgan fingerprint density at radius 1 is 1.19 bits per heavy atom. The summed E-state index contributed by atoms with van der Waals surface area (Å²) in [6.07, 6.45) is 0. The first-order valence-corrected chi connectivity index (χ1v) is 6.81. The van der Waals surface area contributed by atoms with Gasteiger partial charge in [0.05, 0.1) is 0 Å². The molecule has 3 N–H and O–H groups in total. The summed E-state index contributed by atoms with van der Waals surface area (Å²) in [6, 6.07) is 9.30. The van der Waals surface area contributed by atoms with Gasteiger partial charge in [0.25, 0.3) is 0 Å². The minimum Gasteiger partial charge on any atom is -0.507 e. The Bertz CT molecular complexity index is 662. The third-order valence-electron chi connectivity index (χ3n) is 3.23. The maximum Gasteiger partial charge on any atom is 0.330 e. The maximum absolute atomic E-state index is 11.5. The van der Waals surface area contributed by atoms with Crippen LogP contribution < -0.4 is 5.32 Å². The number of benzene rings is 2.